The molecule has 9 nitrogen and oxygen atoms in total. The van der Waals surface area contributed by atoms with E-state index in [0.717, 1.165) is 11.3 Å². The molecule has 216 valence electrons. The highest BCUT2D eigenvalue weighted by atomic mass is 19.4. The van der Waals surface area contributed by atoms with Gasteiger partial charge in [-0.1, -0.05) is 0 Å². The molecule has 0 unspecified atom stereocenters. The molecule has 0 saturated carbocycles. The Kier molecular flexibility index (Phi) is 12.7. The van der Waals surface area contributed by atoms with E-state index in [0.29, 0.717) is 31.0 Å². The Balaban J connectivity index is 0.000000956. The van der Waals surface area contributed by atoms with Crippen molar-refractivity contribution in [3.05, 3.63) is 53.9 Å². The van der Waals surface area contributed by atoms with Gasteiger partial charge in [-0.15, -0.1) is 0 Å². The van der Waals surface area contributed by atoms with Crippen molar-refractivity contribution < 1.29 is 37.4 Å². The number of amides is 2. The van der Waals surface area contributed by atoms with Gasteiger partial charge in [-0.05, 0) is 77.4 Å². The Bertz CT molecular complexity index is 1090. The lowest BCUT2D eigenvalue weighted by molar-refractivity contribution is -0.192. The molecular formula is C27H37F3N4O5. The zero-order valence-electron chi connectivity index (χ0n) is 23.1. The molecule has 0 aliphatic heterocycles. The number of ether oxygens (including phenoxy) is 1. The fourth-order valence-corrected chi connectivity index (χ4v) is 3.25. The maximum Gasteiger partial charge on any atom is 0.490 e. The third kappa shape index (κ3) is 13.5. The van der Waals surface area contributed by atoms with Crippen LogP contribution in [-0.4, -0.2) is 70.2 Å². The number of anilines is 1. The number of rotatable bonds is 10. The number of carbonyl (C=O) groups excluding carboxylic acids is 2. The number of nitrogens with zero attached hydrogens (tertiary/aromatic N) is 2. The molecule has 0 radical (unpaired) electrons. The van der Waals surface area contributed by atoms with E-state index in [-0.39, 0.29) is 29.8 Å². The first-order valence-corrected chi connectivity index (χ1v) is 12.3. The number of carbonyl (C=O) groups is 3. The Hall–Kier alpha value is -3.83. The van der Waals surface area contributed by atoms with E-state index in [4.69, 9.17) is 14.6 Å². The van der Waals surface area contributed by atoms with Crippen LogP contribution in [0.4, 0.5) is 18.9 Å². The SMILES string of the molecule is Cc1cc(OCCNc2ccncc2)cc(C(=O)N(CCC(=O)NC(C)(C)C)C(C)C)c1.O=C(O)C(F)(F)F. The lowest BCUT2D eigenvalue weighted by Crippen LogP contribution is -2.44. The molecule has 12 heteroatoms. The van der Waals surface area contributed by atoms with Crippen LogP contribution in [0.15, 0.2) is 42.7 Å². The number of halogens is 3. The third-order valence-corrected chi connectivity index (χ3v) is 4.90. The predicted molar refractivity (Wildman–Crippen MR) is 142 cm³/mol. The van der Waals surface area contributed by atoms with E-state index in [1.165, 1.54) is 0 Å². The van der Waals surface area contributed by atoms with Gasteiger partial charge in [0.2, 0.25) is 5.91 Å². The van der Waals surface area contributed by atoms with Crippen molar-refractivity contribution in [3.8, 4) is 5.75 Å². The van der Waals surface area contributed by atoms with Gasteiger partial charge < -0.3 is 25.4 Å². The van der Waals surface area contributed by atoms with E-state index in [1.807, 2.05) is 65.8 Å². The van der Waals surface area contributed by atoms with E-state index in [2.05, 4.69) is 15.6 Å². The number of hydrogen-bond acceptors (Lipinski definition) is 6. The monoisotopic (exact) mass is 554 g/mol. The highest BCUT2D eigenvalue weighted by Crippen LogP contribution is 2.20. The molecule has 0 saturated heterocycles. The first kappa shape index (κ1) is 33.2. The van der Waals surface area contributed by atoms with Crippen LogP contribution in [0, 0.1) is 6.92 Å². The smallest absolute Gasteiger partial charge is 0.490 e. The van der Waals surface area contributed by atoms with E-state index < -0.39 is 12.1 Å². The number of alkyl halides is 3. The number of hydrogen-bond donors (Lipinski definition) is 3. The summed E-state index contributed by atoms with van der Waals surface area (Å²) in [6.07, 6.45) is -1.36. The summed E-state index contributed by atoms with van der Waals surface area (Å²) in [5, 5.41) is 13.3. The van der Waals surface area contributed by atoms with Crippen LogP contribution in [0.25, 0.3) is 0 Å². The Morgan fingerprint density at radius 2 is 1.67 bits per heavy atom. The summed E-state index contributed by atoms with van der Waals surface area (Å²) in [6, 6.07) is 9.30. The average Bonchev–Trinajstić information content (AvgIpc) is 2.80. The minimum atomic E-state index is -5.08. The molecule has 0 aliphatic carbocycles. The van der Waals surface area contributed by atoms with E-state index in [1.54, 1.807) is 23.4 Å². The Morgan fingerprint density at radius 1 is 1.08 bits per heavy atom. The van der Waals surface area contributed by atoms with Crippen molar-refractivity contribution in [1.29, 1.82) is 0 Å². The van der Waals surface area contributed by atoms with Crippen molar-refractivity contribution in [2.75, 3.05) is 25.0 Å². The summed E-state index contributed by atoms with van der Waals surface area (Å²) in [5.41, 5.74) is 2.19. The topological polar surface area (TPSA) is 121 Å². The number of aliphatic carboxylic acids is 1. The van der Waals surface area contributed by atoms with E-state index in [9.17, 15) is 22.8 Å². The number of carboxylic acid groups (broad SMARTS) is 1. The molecule has 2 amide bonds. The number of nitrogens with one attached hydrogen (secondary N) is 2. The number of pyridine rings is 1. The van der Waals surface area contributed by atoms with Crippen LogP contribution in [0.1, 0.15) is 57.0 Å². The van der Waals surface area contributed by atoms with Crippen LogP contribution in [0.3, 0.4) is 0 Å². The number of carboxylic acids is 1. The van der Waals surface area contributed by atoms with Gasteiger partial charge in [0.25, 0.3) is 5.91 Å². The van der Waals surface area contributed by atoms with Crippen LogP contribution >= 0.6 is 0 Å². The zero-order chi connectivity index (χ0) is 29.8. The maximum atomic E-state index is 13.2. The number of aryl methyl sites for hydroxylation is 1. The van der Waals surface area contributed by atoms with Crippen molar-refractivity contribution in [1.82, 2.24) is 15.2 Å². The first-order chi connectivity index (χ1) is 18.0. The van der Waals surface area contributed by atoms with Gasteiger partial charge in [0.05, 0.1) is 0 Å². The highest BCUT2D eigenvalue weighted by Gasteiger charge is 2.38. The molecule has 39 heavy (non-hydrogen) atoms. The van der Waals surface area contributed by atoms with Crippen molar-refractivity contribution in [2.45, 2.75) is 65.7 Å². The van der Waals surface area contributed by atoms with Gasteiger partial charge in [0, 0.05) is 54.7 Å². The summed E-state index contributed by atoms with van der Waals surface area (Å²) < 4.78 is 37.6. The third-order valence-electron chi connectivity index (χ3n) is 4.90. The quantitative estimate of drug-likeness (QED) is 0.365. The summed E-state index contributed by atoms with van der Waals surface area (Å²) in [6.45, 7) is 13.1. The van der Waals surface area contributed by atoms with Crippen LogP contribution in [0.5, 0.6) is 5.75 Å². The molecule has 0 atom stereocenters. The average molecular weight is 555 g/mol. The molecule has 2 rings (SSSR count). The highest BCUT2D eigenvalue weighted by molar-refractivity contribution is 5.95. The summed E-state index contributed by atoms with van der Waals surface area (Å²) in [5.74, 6) is -2.27. The molecule has 3 N–H and O–H groups in total. The molecule has 1 aromatic heterocycles. The Labute approximate surface area is 226 Å². The molecule has 0 aliphatic rings. The zero-order valence-corrected chi connectivity index (χ0v) is 23.1. The standard InChI is InChI=1S/C25H36N4O3.C2HF3O2/c1-18(2)29(13-9-23(30)28-25(4,5)6)24(31)20-15-19(3)16-22(17-20)32-14-12-27-21-7-10-26-11-8-21;3-2(4,5)1(6)7/h7-8,10-11,15-18H,9,12-14H2,1-6H3,(H,26,27)(H,28,30);(H,6,7). The molecule has 1 heterocycles. The van der Waals surface area contributed by atoms with Crippen LogP contribution in [0.2, 0.25) is 0 Å². The minimum Gasteiger partial charge on any atom is -0.492 e. The second-order valence-electron chi connectivity index (χ2n) is 9.99. The molecule has 0 spiro atoms. The number of benzene rings is 1. The van der Waals surface area contributed by atoms with Crippen molar-refractivity contribution in [3.63, 3.8) is 0 Å². The second kappa shape index (κ2) is 14.9. The van der Waals surface area contributed by atoms with E-state index >= 15 is 0 Å². The fourth-order valence-electron chi connectivity index (χ4n) is 3.25. The number of aromatic nitrogens is 1. The van der Waals surface area contributed by atoms with Crippen molar-refractivity contribution >= 4 is 23.5 Å². The normalized spacial score (nSPS) is 11.2. The molecule has 1 aromatic carbocycles. The van der Waals surface area contributed by atoms with Gasteiger partial charge in [-0.25, -0.2) is 4.79 Å². The van der Waals surface area contributed by atoms with Crippen molar-refractivity contribution in [2.24, 2.45) is 0 Å². The minimum absolute atomic E-state index is 0.0284. The van der Waals surface area contributed by atoms with Gasteiger partial charge in [-0.2, -0.15) is 13.2 Å². The summed E-state index contributed by atoms with van der Waals surface area (Å²) in [4.78, 5) is 40.1. The fraction of sp³-hybridized carbons (Fsp3) is 0.481. The van der Waals surface area contributed by atoms with Crippen LogP contribution < -0.4 is 15.4 Å². The summed E-state index contributed by atoms with van der Waals surface area (Å²) >= 11 is 0. The van der Waals surface area contributed by atoms with Gasteiger partial charge in [0.1, 0.15) is 12.4 Å². The molecule has 0 bridgehead atoms. The molecular weight excluding hydrogens is 517 g/mol. The lowest BCUT2D eigenvalue weighted by atomic mass is 10.1. The van der Waals surface area contributed by atoms with Gasteiger partial charge in [-0.3, -0.25) is 14.6 Å². The first-order valence-electron chi connectivity index (χ1n) is 12.3. The molecule has 0 fully saturated rings. The summed E-state index contributed by atoms with van der Waals surface area (Å²) in [7, 11) is 0. The van der Waals surface area contributed by atoms with Crippen LogP contribution in [-0.2, 0) is 9.59 Å². The second-order valence-corrected chi connectivity index (χ2v) is 9.99. The molecule has 2 aromatic rings. The Morgan fingerprint density at radius 3 is 2.18 bits per heavy atom. The lowest BCUT2D eigenvalue weighted by Gasteiger charge is -2.28. The van der Waals surface area contributed by atoms with Gasteiger partial charge >= 0.3 is 12.1 Å². The predicted octanol–water partition coefficient (Wildman–Crippen LogP) is 4.67. The maximum absolute atomic E-state index is 13.2. The van der Waals surface area contributed by atoms with Gasteiger partial charge in [0.15, 0.2) is 0 Å². The largest absolute Gasteiger partial charge is 0.492 e.